The van der Waals surface area contributed by atoms with Gasteiger partial charge in [0.05, 0.1) is 6.10 Å². The molecule has 0 rings (SSSR count). The van der Waals surface area contributed by atoms with Crippen LogP contribution in [0.5, 0.6) is 0 Å². The minimum atomic E-state index is -0.382. The van der Waals surface area contributed by atoms with Crippen LogP contribution in [-0.2, 0) is 5.11 Å². The zero-order chi connectivity index (χ0) is 8.53. The standard InChI is InChI=1S/C10H19O/c1-3-5-6-7-8-9-10(11)4-2/h7-8,10H,3-6,9H2,1-2H3/b8-7+. The molecule has 11 heavy (non-hydrogen) atoms. The Bertz CT molecular complexity index is 97.0. The van der Waals surface area contributed by atoms with Gasteiger partial charge in [0.15, 0.2) is 0 Å². The highest BCUT2D eigenvalue weighted by Crippen LogP contribution is 2.01. The van der Waals surface area contributed by atoms with E-state index in [1.165, 1.54) is 12.8 Å². The predicted octanol–water partition coefficient (Wildman–Crippen LogP) is 3.33. The third kappa shape index (κ3) is 7.60. The Morgan fingerprint density at radius 3 is 2.55 bits per heavy atom. The fourth-order valence-corrected chi connectivity index (χ4v) is 0.854. The molecule has 0 aromatic rings. The van der Waals surface area contributed by atoms with E-state index in [0.717, 1.165) is 12.8 Å². The average Bonchev–Trinajstić information content (AvgIpc) is 2.04. The Labute approximate surface area is 70.1 Å². The molecule has 0 fully saturated rings. The number of allylic oxidation sites excluding steroid dienone is 1. The molecule has 1 atom stereocenters. The smallest absolute Gasteiger partial charge is 0.0961 e. The summed E-state index contributed by atoms with van der Waals surface area (Å²) in [5.41, 5.74) is 0. The van der Waals surface area contributed by atoms with Gasteiger partial charge in [0.1, 0.15) is 0 Å². The monoisotopic (exact) mass is 155 g/mol. The van der Waals surface area contributed by atoms with Crippen molar-refractivity contribution in [2.24, 2.45) is 0 Å². The van der Waals surface area contributed by atoms with Gasteiger partial charge in [-0.3, -0.25) is 0 Å². The molecule has 0 aliphatic heterocycles. The summed E-state index contributed by atoms with van der Waals surface area (Å²) in [6, 6.07) is 0. The maximum Gasteiger partial charge on any atom is 0.0961 e. The molecule has 0 N–H and O–H groups in total. The zero-order valence-electron chi connectivity index (χ0n) is 7.68. The molecule has 0 aliphatic rings. The highest BCUT2D eigenvalue weighted by atomic mass is 16.3. The zero-order valence-corrected chi connectivity index (χ0v) is 7.68. The van der Waals surface area contributed by atoms with Crippen LogP contribution in [0, 0.1) is 0 Å². The summed E-state index contributed by atoms with van der Waals surface area (Å²) < 4.78 is 0. The van der Waals surface area contributed by atoms with Crippen molar-refractivity contribution in [3.8, 4) is 0 Å². The lowest BCUT2D eigenvalue weighted by Gasteiger charge is -1.98. The molecule has 1 radical (unpaired) electrons. The third-order valence-corrected chi connectivity index (χ3v) is 1.75. The minimum Gasteiger partial charge on any atom is -0.233 e. The van der Waals surface area contributed by atoms with Crippen LogP contribution in [0.15, 0.2) is 12.2 Å². The normalized spacial score (nSPS) is 14.1. The lowest BCUT2D eigenvalue weighted by Crippen LogP contribution is -1.98. The first kappa shape index (κ1) is 10.7. The maximum absolute atomic E-state index is 10.9. The predicted molar refractivity (Wildman–Crippen MR) is 48.0 cm³/mol. The molecule has 0 bridgehead atoms. The van der Waals surface area contributed by atoms with E-state index in [0.29, 0.717) is 6.42 Å². The van der Waals surface area contributed by atoms with Crippen LogP contribution in [0.2, 0.25) is 0 Å². The van der Waals surface area contributed by atoms with Gasteiger partial charge in [-0.2, -0.15) is 0 Å². The van der Waals surface area contributed by atoms with Crippen LogP contribution in [0.4, 0.5) is 0 Å². The Balaban J connectivity index is 3.15. The van der Waals surface area contributed by atoms with E-state index in [4.69, 9.17) is 0 Å². The quantitative estimate of drug-likeness (QED) is 0.414. The molecule has 1 unspecified atom stereocenters. The molecule has 0 saturated heterocycles. The van der Waals surface area contributed by atoms with E-state index in [-0.39, 0.29) is 6.10 Å². The molecule has 0 heterocycles. The second-order valence-corrected chi connectivity index (χ2v) is 2.88. The van der Waals surface area contributed by atoms with E-state index < -0.39 is 0 Å². The van der Waals surface area contributed by atoms with Crippen molar-refractivity contribution in [1.82, 2.24) is 0 Å². The first-order valence-electron chi connectivity index (χ1n) is 4.62. The lowest BCUT2D eigenvalue weighted by atomic mass is 10.1. The fourth-order valence-electron chi connectivity index (χ4n) is 0.854. The summed E-state index contributed by atoms with van der Waals surface area (Å²) in [6.07, 6.45) is 8.84. The summed E-state index contributed by atoms with van der Waals surface area (Å²) in [7, 11) is 0. The van der Waals surface area contributed by atoms with Crippen molar-refractivity contribution < 1.29 is 5.11 Å². The van der Waals surface area contributed by atoms with Crippen LogP contribution in [0.1, 0.15) is 46.0 Å². The Morgan fingerprint density at radius 2 is 2.00 bits per heavy atom. The molecule has 0 aromatic carbocycles. The summed E-state index contributed by atoms with van der Waals surface area (Å²) in [5, 5.41) is 10.9. The molecule has 65 valence electrons. The SMILES string of the molecule is CCCC/C=C/CC([O])CC. The fraction of sp³-hybridized carbons (Fsp3) is 0.800. The van der Waals surface area contributed by atoms with E-state index in [1.807, 2.05) is 13.0 Å². The highest BCUT2D eigenvalue weighted by Gasteiger charge is 1.96. The topological polar surface area (TPSA) is 19.9 Å². The third-order valence-electron chi connectivity index (χ3n) is 1.75. The van der Waals surface area contributed by atoms with Gasteiger partial charge < -0.3 is 0 Å². The van der Waals surface area contributed by atoms with Crippen molar-refractivity contribution in [1.29, 1.82) is 0 Å². The second kappa shape index (κ2) is 7.80. The Hall–Kier alpha value is -0.300. The van der Waals surface area contributed by atoms with Gasteiger partial charge in [-0.25, -0.2) is 5.11 Å². The van der Waals surface area contributed by atoms with Crippen molar-refractivity contribution in [2.45, 2.75) is 52.1 Å². The number of rotatable bonds is 6. The van der Waals surface area contributed by atoms with E-state index in [2.05, 4.69) is 13.0 Å². The first-order chi connectivity index (χ1) is 5.31. The Morgan fingerprint density at radius 1 is 1.27 bits per heavy atom. The minimum absolute atomic E-state index is 0.382. The highest BCUT2D eigenvalue weighted by molar-refractivity contribution is 4.83. The van der Waals surface area contributed by atoms with Crippen molar-refractivity contribution in [3.05, 3.63) is 12.2 Å². The molecule has 1 nitrogen and oxygen atoms in total. The summed E-state index contributed by atoms with van der Waals surface area (Å²) >= 11 is 0. The lowest BCUT2D eigenvalue weighted by molar-refractivity contribution is 0.0882. The molecule has 1 heteroatoms. The first-order valence-corrected chi connectivity index (χ1v) is 4.62. The molecule has 0 aromatic heterocycles. The van der Waals surface area contributed by atoms with E-state index in [9.17, 15) is 5.11 Å². The van der Waals surface area contributed by atoms with Gasteiger partial charge in [-0.1, -0.05) is 38.8 Å². The molecule has 0 amide bonds. The summed E-state index contributed by atoms with van der Waals surface area (Å²) in [6.45, 7) is 4.12. The second-order valence-electron chi connectivity index (χ2n) is 2.88. The van der Waals surface area contributed by atoms with E-state index >= 15 is 0 Å². The van der Waals surface area contributed by atoms with Gasteiger partial charge in [0, 0.05) is 0 Å². The molecular formula is C10H19O. The van der Waals surface area contributed by atoms with Crippen LogP contribution in [0.3, 0.4) is 0 Å². The molecular weight excluding hydrogens is 136 g/mol. The Kier molecular flexibility index (Phi) is 7.59. The van der Waals surface area contributed by atoms with Crippen molar-refractivity contribution in [3.63, 3.8) is 0 Å². The van der Waals surface area contributed by atoms with Gasteiger partial charge in [0.25, 0.3) is 0 Å². The van der Waals surface area contributed by atoms with E-state index in [1.54, 1.807) is 0 Å². The maximum atomic E-state index is 10.9. The van der Waals surface area contributed by atoms with Crippen LogP contribution in [0.25, 0.3) is 0 Å². The van der Waals surface area contributed by atoms with Crippen LogP contribution in [-0.4, -0.2) is 6.10 Å². The average molecular weight is 155 g/mol. The number of hydrogen-bond acceptors (Lipinski definition) is 0. The van der Waals surface area contributed by atoms with Gasteiger partial charge >= 0.3 is 0 Å². The summed E-state index contributed by atoms with van der Waals surface area (Å²) in [5.74, 6) is 0. The summed E-state index contributed by atoms with van der Waals surface area (Å²) in [4.78, 5) is 0. The number of unbranched alkanes of at least 4 members (excludes halogenated alkanes) is 2. The molecule has 0 aliphatic carbocycles. The van der Waals surface area contributed by atoms with Gasteiger partial charge in [-0.15, -0.1) is 0 Å². The molecule has 0 spiro atoms. The van der Waals surface area contributed by atoms with Gasteiger partial charge in [0.2, 0.25) is 0 Å². The molecule has 0 saturated carbocycles. The largest absolute Gasteiger partial charge is 0.233 e. The van der Waals surface area contributed by atoms with Crippen LogP contribution >= 0.6 is 0 Å². The van der Waals surface area contributed by atoms with Crippen molar-refractivity contribution >= 4 is 0 Å². The van der Waals surface area contributed by atoms with Crippen LogP contribution < -0.4 is 0 Å². The van der Waals surface area contributed by atoms with Crippen molar-refractivity contribution in [2.75, 3.05) is 0 Å². The number of hydrogen-bond donors (Lipinski definition) is 0. The van der Waals surface area contributed by atoms with Gasteiger partial charge in [-0.05, 0) is 19.3 Å².